The third-order valence-corrected chi connectivity index (χ3v) is 0.629. The zero-order valence-electron chi connectivity index (χ0n) is 2.11. The van der Waals surface area contributed by atoms with Crippen molar-refractivity contribution in [1.29, 1.82) is 0 Å². The summed E-state index contributed by atoms with van der Waals surface area (Å²) in [6, 6.07) is 0. The Morgan fingerprint density at radius 1 is 1.50 bits per heavy atom. The Labute approximate surface area is 30.1 Å². The fourth-order valence-electron chi connectivity index (χ4n) is 0.0420. The minimum absolute atomic E-state index is 0.306. The van der Waals surface area contributed by atoms with Gasteiger partial charge in [-0.25, -0.2) is 0 Å². The summed E-state index contributed by atoms with van der Waals surface area (Å²) in [6.45, 7) is 0. The van der Waals surface area contributed by atoms with E-state index in [0.717, 1.165) is 0 Å². The highest BCUT2D eigenvalue weighted by atomic mass is 35.5. The van der Waals surface area contributed by atoms with Crippen LogP contribution in [-0.4, -0.2) is 5.38 Å². The summed E-state index contributed by atoms with van der Waals surface area (Å²) in [5.41, 5.74) is 0. The molecule has 0 radical (unpaired) electrons. The Morgan fingerprint density at radius 2 is 1.75 bits per heavy atom. The second-order valence-electron chi connectivity index (χ2n) is 0.829. The van der Waals surface area contributed by atoms with Gasteiger partial charge < -0.3 is 0 Å². The molecule has 0 aliphatic heterocycles. The van der Waals surface area contributed by atoms with E-state index in [1.165, 1.54) is 0 Å². The summed E-state index contributed by atoms with van der Waals surface area (Å²) in [6.07, 6.45) is 3.86. The molecular formula is C3H3Cl. The summed E-state index contributed by atoms with van der Waals surface area (Å²) in [5.74, 6) is 0. The van der Waals surface area contributed by atoms with E-state index in [2.05, 4.69) is 0 Å². The van der Waals surface area contributed by atoms with Crippen LogP contribution in [0.1, 0.15) is 0 Å². The van der Waals surface area contributed by atoms with Gasteiger partial charge in [-0.1, -0.05) is 12.2 Å². The van der Waals surface area contributed by atoms with Crippen LogP contribution in [0, 0.1) is 0 Å². The van der Waals surface area contributed by atoms with E-state index >= 15 is 0 Å². The summed E-state index contributed by atoms with van der Waals surface area (Å²) in [5, 5.41) is 0.306. The zero-order chi connectivity index (χ0) is 2.99. The minimum Gasteiger partial charge on any atom is -0.114 e. The van der Waals surface area contributed by atoms with Crippen LogP contribution in [0.15, 0.2) is 12.2 Å². The quantitative estimate of drug-likeness (QED) is 0.299. The molecule has 0 saturated carbocycles. The first-order chi connectivity index (χ1) is 1.89. The average molecular weight is 74.5 g/mol. The predicted octanol–water partition coefficient (Wildman–Crippen LogP) is 1.16. The van der Waals surface area contributed by atoms with Gasteiger partial charge in [0.25, 0.3) is 0 Å². The van der Waals surface area contributed by atoms with Crippen molar-refractivity contribution in [3.8, 4) is 0 Å². The van der Waals surface area contributed by atoms with Crippen molar-refractivity contribution in [2.45, 2.75) is 5.38 Å². The van der Waals surface area contributed by atoms with Crippen LogP contribution in [-0.2, 0) is 0 Å². The van der Waals surface area contributed by atoms with Crippen LogP contribution >= 0.6 is 11.6 Å². The smallest absolute Gasteiger partial charge is 0.0698 e. The van der Waals surface area contributed by atoms with Gasteiger partial charge in [0.15, 0.2) is 0 Å². The van der Waals surface area contributed by atoms with Crippen LogP contribution in [0.4, 0.5) is 0 Å². The lowest BCUT2D eigenvalue weighted by atomic mass is 10.9. The molecular weight excluding hydrogens is 71.5 g/mol. The number of alkyl halides is 1. The summed E-state index contributed by atoms with van der Waals surface area (Å²) in [4.78, 5) is 0. The van der Waals surface area contributed by atoms with E-state index in [4.69, 9.17) is 11.6 Å². The molecule has 0 saturated heterocycles. The van der Waals surface area contributed by atoms with E-state index in [1.807, 2.05) is 12.2 Å². The van der Waals surface area contributed by atoms with E-state index in [9.17, 15) is 0 Å². The van der Waals surface area contributed by atoms with Gasteiger partial charge in [0, 0.05) is 0 Å². The number of rotatable bonds is 0. The zero-order valence-corrected chi connectivity index (χ0v) is 2.87. The van der Waals surface area contributed by atoms with Gasteiger partial charge in [0.2, 0.25) is 0 Å². The van der Waals surface area contributed by atoms with Crippen molar-refractivity contribution in [2.75, 3.05) is 0 Å². The largest absolute Gasteiger partial charge is 0.114 e. The molecule has 0 bridgehead atoms. The van der Waals surface area contributed by atoms with Crippen LogP contribution < -0.4 is 0 Å². The first kappa shape index (κ1) is 2.28. The number of halogens is 1. The molecule has 0 aromatic carbocycles. The number of allylic oxidation sites excluding steroid dienone is 2. The van der Waals surface area contributed by atoms with Gasteiger partial charge in [-0.05, 0) is 0 Å². The Balaban J connectivity index is 2.32. The van der Waals surface area contributed by atoms with Crippen molar-refractivity contribution in [3.63, 3.8) is 0 Å². The van der Waals surface area contributed by atoms with Gasteiger partial charge in [-0.3, -0.25) is 0 Å². The molecule has 4 heavy (non-hydrogen) atoms. The molecule has 0 aromatic rings. The molecule has 0 N–H and O–H groups in total. The number of hydrogen-bond acceptors (Lipinski definition) is 0. The first-order valence-electron chi connectivity index (χ1n) is 1.22. The Bertz CT molecular complexity index is 41.2. The molecule has 1 aliphatic carbocycles. The van der Waals surface area contributed by atoms with E-state index < -0.39 is 0 Å². The van der Waals surface area contributed by atoms with Crippen molar-refractivity contribution in [1.82, 2.24) is 0 Å². The van der Waals surface area contributed by atoms with E-state index in [0.29, 0.717) is 5.38 Å². The Kier molecular flexibility index (Phi) is 0.281. The van der Waals surface area contributed by atoms with Gasteiger partial charge in [0.05, 0.1) is 5.38 Å². The second-order valence-corrected chi connectivity index (χ2v) is 1.33. The SMILES string of the molecule is ClC1C=C1. The van der Waals surface area contributed by atoms with E-state index in [1.54, 1.807) is 0 Å². The molecule has 1 heteroatoms. The third kappa shape index (κ3) is 0.235. The second kappa shape index (κ2) is 0.494. The maximum atomic E-state index is 5.27. The molecule has 1 aliphatic rings. The van der Waals surface area contributed by atoms with Crippen LogP contribution in [0.3, 0.4) is 0 Å². The molecule has 0 nitrogen and oxygen atoms in total. The highest BCUT2D eigenvalue weighted by Gasteiger charge is 2.01. The molecule has 0 amide bonds. The van der Waals surface area contributed by atoms with Crippen molar-refractivity contribution < 1.29 is 0 Å². The Morgan fingerprint density at radius 3 is 1.75 bits per heavy atom. The fraction of sp³-hybridized carbons (Fsp3) is 0.333. The average Bonchev–Trinajstić information content (AvgIpc) is 1.75. The van der Waals surface area contributed by atoms with Crippen molar-refractivity contribution in [3.05, 3.63) is 12.2 Å². The monoisotopic (exact) mass is 74.0 g/mol. The summed E-state index contributed by atoms with van der Waals surface area (Å²) in [7, 11) is 0. The highest BCUT2D eigenvalue weighted by Crippen LogP contribution is 2.11. The van der Waals surface area contributed by atoms with Crippen molar-refractivity contribution >= 4 is 11.6 Å². The van der Waals surface area contributed by atoms with Crippen LogP contribution in [0.2, 0.25) is 0 Å². The molecule has 0 unspecified atom stereocenters. The first-order valence-corrected chi connectivity index (χ1v) is 1.65. The van der Waals surface area contributed by atoms with Gasteiger partial charge in [0.1, 0.15) is 0 Å². The normalized spacial score (nSPS) is 22.2. The maximum Gasteiger partial charge on any atom is 0.0698 e. The lowest BCUT2D eigenvalue weighted by Crippen LogP contribution is -1.50. The van der Waals surface area contributed by atoms with Crippen LogP contribution in [0.25, 0.3) is 0 Å². The van der Waals surface area contributed by atoms with Gasteiger partial charge in [-0.15, -0.1) is 11.6 Å². The van der Waals surface area contributed by atoms with E-state index in [-0.39, 0.29) is 0 Å². The molecule has 0 fully saturated rings. The van der Waals surface area contributed by atoms with Crippen molar-refractivity contribution in [2.24, 2.45) is 0 Å². The molecule has 1 rings (SSSR count). The lowest BCUT2D eigenvalue weighted by Gasteiger charge is -1.54. The molecule has 22 valence electrons. The predicted molar refractivity (Wildman–Crippen MR) is 18.8 cm³/mol. The van der Waals surface area contributed by atoms with Gasteiger partial charge >= 0.3 is 0 Å². The maximum absolute atomic E-state index is 5.27. The lowest BCUT2D eigenvalue weighted by molar-refractivity contribution is 1.70. The van der Waals surface area contributed by atoms with Gasteiger partial charge in [-0.2, -0.15) is 0 Å². The Hall–Kier alpha value is 0.0300. The topological polar surface area (TPSA) is 0 Å². The minimum atomic E-state index is 0.306. The fourth-order valence-corrected chi connectivity index (χ4v) is 0.126. The highest BCUT2D eigenvalue weighted by molar-refractivity contribution is 6.25. The van der Waals surface area contributed by atoms with Crippen LogP contribution in [0.5, 0.6) is 0 Å². The summed E-state index contributed by atoms with van der Waals surface area (Å²) < 4.78 is 0. The third-order valence-electron chi connectivity index (χ3n) is 0.338. The molecule has 0 heterocycles. The standard InChI is InChI=1S/C3H3Cl/c4-3-1-2-3/h1-3H. The summed E-state index contributed by atoms with van der Waals surface area (Å²) >= 11 is 5.27. The molecule has 0 aromatic heterocycles. The number of hydrogen-bond donors (Lipinski definition) is 0. The molecule has 0 spiro atoms. The molecule has 0 atom stereocenters.